The van der Waals surface area contributed by atoms with Crippen LogP contribution in [0.5, 0.6) is 5.75 Å². The molecule has 0 aliphatic rings. The van der Waals surface area contributed by atoms with Crippen LogP contribution in [0.15, 0.2) is 54.6 Å². The lowest BCUT2D eigenvalue weighted by molar-refractivity contribution is -0.123. The lowest BCUT2D eigenvalue weighted by atomic mass is 10.2. The zero-order valence-electron chi connectivity index (χ0n) is 15.3. The third-order valence-electron chi connectivity index (χ3n) is 4.30. The molecule has 1 amide bonds. The molecule has 136 valence electrons. The average Bonchev–Trinajstić information content (AvgIpc) is 3.04. The van der Waals surface area contributed by atoms with Crippen LogP contribution in [0.4, 0.5) is 0 Å². The number of carbonyl (C=O) groups is 1. The molecule has 1 N–H and O–H groups in total. The van der Waals surface area contributed by atoms with E-state index in [0.29, 0.717) is 5.75 Å². The van der Waals surface area contributed by atoms with Gasteiger partial charge in [-0.3, -0.25) is 4.79 Å². The van der Waals surface area contributed by atoms with Crippen molar-refractivity contribution in [2.75, 3.05) is 6.61 Å². The molecule has 0 aliphatic carbocycles. The first-order valence-corrected chi connectivity index (χ1v) is 9.11. The molecule has 1 heterocycles. The van der Waals surface area contributed by atoms with Crippen molar-refractivity contribution in [1.29, 1.82) is 0 Å². The first-order chi connectivity index (χ1) is 12.7. The summed E-state index contributed by atoms with van der Waals surface area (Å²) in [6.07, 6.45) is 2.18. The van der Waals surface area contributed by atoms with Crippen molar-refractivity contribution >= 4 is 16.9 Å². The Labute approximate surface area is 154 Å². The van der Waals surface area contributed by atoms with Gasteiger partial charge in [-0.25, -0.2) is 4.98 Å². The largest absolute Gasteiger partial charge is 0.484 e. The fourth-order valence-electron chi connectivity index (χ4n) is 2.99. The van der Waals surface area contributed by atoms with Crippen molar-refractivity contribution in [1.82, 2.24) is 14.9 Å². The molecule has 0 saturated heterocycles. The van der Waals surface area contributed by atoms with Gasteiger partial charge in [-0.05, 0) is 37.6 Å². The number of unbranched alkanes of at least 4 members (excludes halogenated alkanes) is 1. The highest BCUT2D eigenvalue weighted by Gasteiger charge is 2.18. The minimum Gasteiger partial charge on any atom is -0.484 e. The number of aryl methyl sites for hydroxylation is 1. The van der Waals surface area contributed by atoms with Crippen molar-refractivity contribution in [3.05, 3.63) is 60.4 Å². The number of hydrogen-bond donors (Lipinski definition) is 1. The number of nitrogens with one attached hydrogen (secondary N) is 1. The quantitative estimate of drug-likeness (QED) is 0.665. The second kappa shape index (κ2) is 8.52. The summed E-state index contributed by atoms with van der Waals surface area (Å²) in [6.45, 7) is 5.02. The zero-order chi connectivity index (χ0) is 18.4. The first-order valence-electron chi connectivity index (χ1n) is 9.11. The first kappa shape index (κ1) is 18.0. The van der Waals surface area contributed by atoms with Crippen molar-refractivity contribution in [2.24, 2.45) is 0 Å². The maximum atomic E-state index is 12.3. The van der Waals surface area contributed by atoms with E-state index in [1.165, 1.54) is 0 Å². The molecule has 5 nitrogen and oxygen atoms in total. The summed E-state index contributed by atoms with van der Waals surface area (Å²) in [4.78, 5) is 17.0. The third-order valence-corrected chi connectivity index (χ3v) is 4.30. The van der Waals surface area contributed by atoms with Crippen LogP contribution in [0.2, 0.25) is 0 Å². The molecule has 3 rings (SSSR count). The Morgan fingerprint density at radius 3 is 2.65 bits per heavy atom. The van der Waals surface area contributed by atoms with Gasteiger partial charge in [0.1, 0.15) is 11.6 Å². The van der Waals surface area contributed by atoms with E-state index < -0.39 is 0 Å². The fraction of sp³-hybridized carbons (Fsp3) is 0.333. The SMILES string of the molecule is CCCCn1c([C@H](C)NC(=O)COc2ccccc2)nc2ccccc21. The molecule has 0 saturated carbocycles. The van der Waals surface area contributed by atoms with Crippen LogP contribution in [0.25, 0.3) is 11.0 Å². The Bertz CT molecular complexity index is 858. The maximum absolute atomic E-state index is 12.3. The zero-order valence-corrected chi connectivity index (χ0v) is 15.3. The molecule has 0 aliphatic heterocycles. The standard InChI is InChI=1S/C21H25N3O2/c1-3-4-14-24-19-13-9-8-12-18(19)23-21(24)16(2)22-20(25)15-26-17-10-6-5-7-11-17/h5-13,16H,3-4,14-15H2,1-2H3,(H,22,25)/t16-/m0/s1. The Kier molecular flexibility index (Phi) is 5.89. The number of benzene rings is 2. The lowest BCUT2D eigenvalue weighted by Crippen LogP contribution is -2.32. The highest BCUT2D eigenvalue weighted by Crippen LogP contribution is 2.21. The Morgan fingerprint density at radius 1 is 1.15 bits per heavy atom. The second-order valence-electron chi connectivity index (χ2n) is 6.35. The van der Waals surface area contributed by atoms with Crippen LogP contribution >= 0.6 is 0 Å². The van der Waals surface area contributed by atoms with Crippen molar-refractivity contribution < 1.29 is 9.53 Å². The fourth-order valence-corrected chi connectivity index (χ4v) is 2.99. The lowest BCUT2D eigenvalue weighted by Gasteiger charge is -2.16. The van der Waals surface area contributed by atoms with Crippen LogP contribution in [0.3, 0.4) is 0 Å². The van der Waals surface area contributed by atoms with E-state index in [4.69, 9.17) is 9.72 Å². The van der Waals surface area contributed by atoms with Crippen molar-refractivity contribution in [3.8, 4) is 5.75 Å². The van der Waals surface area contributed by atoms with Crippen LogP contribution in [-0.4, -0.2) is 22.1 Å². The van der Waals surface area contributed by atoms with Crippen LogP contribution in [0.1, 0.15) is 38.6 Å². The van der Waals surface area contributed by atoms with Gasteiger partial charge < -0.3 is 14.6 Å². The monoisotopic (exact) mass is 351 g/mol. The van der Waals surface area contributed by atoms with Gasteiger partial charge in [0.2, 0.25) is 0 Å². The number of ether oxygens (including phenoxy) is 1. The van der Waals surface area contributed by atoms with Gasteiger partial charge in [-0.2, -0.15) is 0 Å². The van der Waals surface area contributed by atoms with Gasteiger partial charge >= 0.3 is 0 Å². The summed E-state index contributed by atoms with van der Waals surface area (Å²) in [7, 11) is 0. The van der Waals surface area contributed by atoms with Gasteiger partial charge in [-0.15, -0.1) is 0 Å². The Hall–Kier alpha value is -2.82. The smallest absolute Gasteiger partial charge is 0.258 e. The third kappa shape index (κ3) is 4.23. The van der Waals surface area contributed by atoms with Crippen molar-refractivity contribution in [3.63, 3.8) is 0 Å². The maximum Gasteiger partial charge on any atom is 0.258 e. The van der Waals surface area contributed by atoms with Gasteiger partial charge in [-0.1, -0.05) is 43.7 Å². The van der Waals surface area contributed by atoms with Gasteiger partial charge in [0.15, 0.2) is 6.61 Å². The Balaban J connectivity index is 1.70. The molecule has 0 unspecified atom stereocenters. The number of carbonyl (C=O) groups excluding carboxylic acids is 1. The minimum atomic E-state index is -0.189. The molecule has 26 heavy (non-hydrogen) atoms. The predicted molar refractivity (Wildman–Crippen MR) is 103 cm³/mol. The molecule has 2 aromatic carbocycles. The number of hydrogen-bond acceptors (Lipinski definition) is 3. The summed E-state index contributed by atoms with van der Waals surface area (Å²) in [5.41, 5.74) is 2.07. The van der Waals surface area contributed by atoms with E-state index in [9.17, 15) is 4.79 Å². The molecular weight excluding hydrogens is 326 g/mol. The van der Waals surface area contributed by atoms with E-state index >= 15 is 0 Å². The number of nitrogens with zero attached hydrogens (tertiary/aromatic N) is 2. The topological polar surface area (TPSA) is 56.2 Å². The summed E-state index contributed by atoms with van der Waals surface area (Å²) >= 11 is 0. The summed E-state index contributed by atoms with van der Waals surface area (Å²) < 4.78 is 7.73. The van der Waals surface area contributed by atoms with Gasteiger partial charge in [0.25, 0.3) is 5.91 Å². The number of fused-ring (bicyclic) bond motifs is 1. The van der Waals surface area contributed by atoms with Crippen LogP contribution in [-0.2, 0) is 11.3 Å². The molecule has 1 atom stereocenters. The van der Waals surface area contributed by atoms with E-state index in [2.05, 4.69) is 22.9 Å². The number of aromatic nitrogens is 2. The number of para-hydroxylation sites is 3. The minimum absolute atomic E-state index is 0.0104. The van der Waals surface area contributed by atoms with Gasteiger partial charge in [0, 0.05) is 6.54 Å². The summed E-state index contributed by atoms with van der Waals surface area (Å²) in [6, 6.07) is 17.2. The molecule has 3 aromatic rings. The number of imidazole rings is 1. The number of rotatable bonds is 8. The number of amides is 1. The molecule has 0 radical (unpaired) electrons. The highest BCUT2D eigenvalue weighted by molar-refractivity contribution is 5.79. The molecule has 0 fully saturated rings. The van der Waals surface area contributed by atoms with Gasteiger partial charge in [0.05, 0.1) is 17.1 Å². The molecule has 5 heteroatoms. The summed E-state index contributed by atoms with van der Waals surface area (Å²) in [5, 5.41) is 3.00. The van der Waals surface area contributed by atoms with E-state index in [0.717, 1.165) is 36.2 Å². The van der Waals surface area contributed by atoms with Crippen molar-refractivity contribution in [2.45, 2.75) is 39.3 Å². The molecular formula is C21H25N3O2. The van der Waals surface area contributed by atoms with Crippen LogP contribution in [0, 0.1) is 0 Å². The molecule has 0 spiro atoms. The predicted octanol–water partition coefficient (Wildman–Crippen LogP) is 4.09. The highest BCUT2D eigenvalue weighted by atomic mass is 16.5. The van der Waals surface area contributed by atoms with Crippen LogP contribution < -0.4 is 10.1 Å². The van der Waals surface area contributed by atoms with E-state index in [1.807, 2.05) is 55.5 Å². The molecule has 0 bridgehead atoms. The van der Waals surface area contributed by atoms with E-state index in [-0.39, 0.29) is 18.6 Å². The van der Waals surface area contributed by atoms with E-state index in [1.54, 1.807) is 0 Å². The summed E-state index contributed by atoms with van der Waals surface area (Å²) in [5.74, 6) is 1.41. The Morgan fingerprint density at radius 2 is 1.88 bits per heavy atom. The second-order valence-corrected chi connectivity index (χ2v) is 6.35. The average molecular weight is 351 g/mol. The molecule has 1 aromatic heterocycles. The normalized spacial score (nSPS) is 12.1.